The topological polar surface area (TPSA) is 61.2 Å². The molecule has 0 unspecified atom stereocenters. The summed E-state index contributed by atoms with van der Waals surface area (Å²) in [7, 11) is -2.09. The Balaban J connectivity index is 2.28. The van der Waals surface area contributed by atoms with Crippen molar-refractivity contribution in [2.24, 2.45) is 0 Å². The molecule has 0 bridgehead atoms. The predicted molar refractivity (Wildman–Crippen MR) is 84.0 cm³/mol. The molecule has 0 N–H and O–H groups in total. The van der Waals surface area contributed by atoms with Crippen LogP contribution in [0.3, 0.4) is 0 Å². The summed E-state index contributed by atoms with van der Waals surface area (Å²) < 4.78 is 27.2. The lowest BCUT2D eigenvalue weighted by molar-refractivity contribution is 0.466. The van der Waals surface area contributed by atoms with E-state index in [1.165, 1.54) is 23.5 Å². The summed E-state index contributed by atoms with van der Waals surface area (Å²) in [4.78, 5) is 0.124. The first-order valence-electron chi connectivity index (χ1n) is 6.14. The van der Waals surface area contributed by atoms with Gasteiger partial charge in [-0.1, -0.05) is 34.1 Å². The highest BCUT2D eigenvalue weighted by atomic mass is 79.9. The second kappa shape index (κ2) is 6.39. The minimum absolute atomic E-state index is 0.124. The van der Waals surface area contributed by atoms with Gasteiger partial charge in [-0.3, -0.25) is 0 Å². The van der Waals surface area contributed by atoms with Crippen LogP contribution in [-0.2, 0) is 16.6 Å². The second-order valence-electron chi connectivity index (χ2n) is 4.53. The molecule has 2 aromatic rings. The summed E-state index contributed by atoms with van der Waals surface area (Å²) in [5.41, 5.74) is 1.21. The number of halogens is 1. The van der Waals surface area contributed by atoms with Crippen LogP contribution in [0.5, 0.6) is 0 Å². The molecule has 0 aliphatic carbocycles. The minimum atomic E-state index is -3.62. The first-order valence-corrected chi connectivity index (χ1v) is 8.38. The van der Waals surface area contributed by atoms with Crippen LogP contribution >= 0.6 is 15.9 Å². The fourth-order valence-electron chi connectivity index (χ4n) is 1.88. The van der Waals surface area contributed by atoms with E-state index in [4.69, 9.17) is 5.26 Å². The molecule has 0 saturated heterocycles. The van der Waals surface area contributed by atoms with Gasteiger partial charge in [0.25, 0.3) is 0 Å². The summed E-state index contributed by atoms with van der Waals surface area (Å²) in [5.74, 6) is 0. The lowest BCUT2D eigenvalue weighted by Crippen LogP contribution is -2.26. The molecule has 0 radical (unpaired) electrons. The molecule has 2 aromatic carbocycles. The van der Waals surface area contributed by atoms with Gasteiger partial charge in [0.05, 0.1) is 16.5 Å². The maximum atomic E-state index is 12.5. The van der Waals surface area contributed by atoms with Crippen molar-refractivity contribution in [3.8, 4) is 6.07 Å². The van der Waals surface area contributed by atoms with E-state index in [0.29, 0.717) is 5.56 Å². The van der Waals surface area contributed by atoms with Crippen LogP contribution < -0.4 is 0 Å². The van der Waals surface area contributed by atoms with Crippen molar-refractivity contribution in [2.45, 2.75) is 11.4 Å². The van der Waals surface area contributed by atoms with Gasteiger partial charge in [0, 0.05) is 18.1 Å². The van der Waals surface area contributed by atoms with Crippen LogP contribution in [-0.4, -0.2) is 19.8 Å². The lowest BCUT2D eigenvalue weighted by atomic mass is 10.2. The van der Waals surface area contributed by atoms with Gasteiger partial charge in [0.2, 0.25) is 10.0 Å². The summed E-state index contributed by atoms with van der Waals surface area (Å²) in [5, 5.41) is 8.87. The Bertz CT molecular complexity index is 797. The Hall–Kier alpha value is -1.68. The van der Waals surface area contributed by atoms with Gasteiger partial charge < -0.3 is 0 Å². The molecule has 0 atom stereocenters. The molecule has 0 saturated carbocycles. The van der Waals surface area contributed by atoms with E-state index in [-0.39, 0.29) is 11.4 Å². The molecule has 0 fully saturated rings. The van der Waals surface area contributed by atoms with Gasteiger partial charge >= 0.3 is 0 Å². The molecule has 0 aliphatic rings. The Morgan fingerprint density at radius 1 is 1.19 bits per heavy atom. The zero-order chi connectivity index (χ0) is 15.5. The van der Waals surface area contributed by atoms with E-state index in [1.807, 2.05) is 30.3 Å². The van der Waals surface area contributed by atoms with E-state index in [9.17, 15) is 8.42 Å². The van der Waals surface area contributed by atoms with E-state index in [2.05, 4.69) is 15.9 Å². The van der Waals surface area contributed by atoms with Crippen molar-refractivity contribution in [3.05, 3.63) is 64.1 Å². The largest absolute Gasteiger partial charge is 0.243 e. The average molecular weight is 365 g/mol. The number of rotatable bonds is 4. The third-order valence-electron chi connectivity index (χ3n) is 2.97. The third kappa shape index (κ3) is 3.70. The van der Waals surface area contributed by atoms with Gasteiger partial charge in [-0.15, -0.1) is 0 Å². The molecular weight excluding hydrogens is 352 g/mol. The van der Waals surface area contributed by atoms with Crippen molar-refractivity contribution >= 4 is 26.0 Å². The zero-order valence-electron chi connectivity index (χ0n) is 11.3. The molecule has 2 rings (SSSR count). The number of hydrogen-bond acceptors (Lipinski definition) is 3. The average Bonchev–Trinajstić information content (AvgIpc) is 2.47. The number of hydrogen-bond donors (Lipinski definition) is 0. The van der Waals surface area contributed by atoms with Crippen molar-refractivity contribution < 1.29 is 8.42 Å². The summed E-state index contributed by atoms with van der Waals surface area (Å²) in [6.45, 7) is 0.262. The second-order valence-corrected chi connectivity index (χ2v) is 7.49. The molecular formula is C15H13BrN2O2S. The summed E-state index contributed by atoms with van der Waals surface area (Å²) >= 11 is 3.36. The zero-order valence-corrected chi connectivity index (χ0v) is 13.7. The smallest absolute Gasteiger partial charge is 0.207 e. The highest BCUT2D eigenvalue weighted by molar-refractivity contribution is 9.10. The molecule has 108 valence electrons. The van der Waals surface area contributed by atoms with Gasteiger partial charge in [-0.25, -0.2) is 8.42 Å². The predicted octanol–water partition coefficient (Wildman–Crippen LogP) is 3.14. The van der Waals surface area contributed by atoms with Gasteiger partial charge in [0.15, 0.2) is 0 Å². The fraction of sp³-hybridized carbons (Fsp3) is 0.133. The van der Waals surface area contributed by atoms with Gasteiger partial charge in [-0.05, 0) is 35.9 Å². The monoisotopic (exact) mass is 364 g/mol. The number of sulfonamides is 1. The van der Waals surface area contributed by atoms with Crippen LogP contribution in [0, 0.1) is 11.3 Å². The Kier molecular flexibility index (Phi) is 4.78. The normalized spacial score (nSPS) is 11.3. The van der Waals surface area contributed by atoms with Gasteiger partial charge in [-0.2, -0.15) is 9.57 Å². The summed E-state index contributed by atoms with van der Waals surface area (Å²) in [6.07, 6.45) is 0. The molecule has 0 spiro atoms. The highest BCUT2D eigenvalue weighted by Gasteiger charge is 2.21. The number of nitrogens with zero attached hydrogens (tertiary/aromatic N) is 2. The lowest BCUT2D eigenvalue weighted by Gasteiger charge is -2.17. The van der Waals surface area contributed by atoms with E-state index >= 15 is 0 Å². The van der Waals surface area contributed by atoms with Crippen LogP contribution in [0.2, 0.25) is 0 Å². The first-order chi connectivity index (χ1) is 9.93. The van der Waals surface area contributed by atoms with Crippen LogP contribution in [0.4, 0.5) is 0 Å². The Labute approximate surface area is 132 Å². The number of benzene rings is 2. The fourth-order valence-corrected chi connectivity index (χ4v) is 3.54. The van der Waals surface area contributed by atoms with Crippen molar-refractivity contribution in [3.63, 3.8) is 0 Å². The van der Waals surface area contributed by atoms with E-state index in [0.717, 1.165) is 10.0 Å². The van der Waals surface area contributed by atoms with E-state index in [1.54, 1.807) is 12.1 Å². The molecule has 0 aromatic heterocycles. The standard InChI is InChI=1S/C15H13BrN2O2S/c1-18(11-13-5-2-6-14(16)8-13)21(19,20)15-7-3-4-12(9-15)10-17/h2-9H,11H2,1H3. The van der Waals surface area contributed by atoms with E-state index < -0.39 is 10.0 Å². The molecule has 0 heterocycles. The van der Waals surface area contributed by atoms with Crippen LogP contribution in [0.1, 0.15) is 11.1 Å². The third-order valence-corrected chi connectivity index (χ3v) is 5.26. The molecule has 0 aliphatic heterocycles. The molecule has 6 heteroatoms. The van der Waals surface area contributed by atoms with Crippen molar-refractivity contribution in [1.29, 1.82) is 5.26 Å². The molecule has 21 heavy (non-hydrogen) atoms. The maximum Gasteiger partial charge on any atom is 0.243 e. The molecule has 4 nitrogen and oxygen atoms in total. The SMILES string of the molecule is CN(Cc1cccc(Br)c1)S(=O)(=O)c1cccc(C#N)c1. The first kappa shape index (κ1) is 15.7. The van der Waals surface area contributed by atoms with Gasteiger partial charge in [0.1, 0.15) is 0 Å². The minimum Gasteiger partial charge on any atom is -0.207 e. The molecule has 0 amide bonds. The van der Waals surface area contributed by atoms with Crippen molar-refractivity contribution in [2.75, 3.05) is 7.05 Å². The Morgan fingerprint density at radius 2 is 1.90 bits per heavy atom. The summed E-state index contributed by atoms with van der Waals surface area (Å²) in [6, 6.07) is 15.4. The van der Waals surface area contributed by atoms with Crippen LogP contribution in [0.25, 0.3) is 0 Å². The number of nitriles is 1. The van der Waals surface area contributed by atoms with Crippen LogP contribution in [0.15, 0.2) is 57.9 Å². The van der Waals surface area contributed by atoms with Crippen molar-refractivity contribution in [1.82, 2.24) is 4.31 Å². The highest BCUT2D eigenvalue weighted by Crippen LogP contribution is 2.19. The quantitative estimate of drug-likeness (QED) is 0.836. The Morgan fingerprint density at radius 3 is 2.57 bits per heavy atom. The maximum absolute atomic E-state index is 12.5.